The number of aliphatic carboxylic acids is 1. The van der Waals surface area contributed by atoms with Crippen molar-refractivity contribution in [3.8, 4) is 11.5 Å². The standard InChI is InChI=1S/C41H47NO10/c1-29-38(49-25-30-12-5-2-6-13-30)40(51-27-32-16-9-4-10-17-32)39(50-26-31-14-7-3-8-15-31)36(52-29)18-11-21-47-34-22-33(41(46)42-19-20-43)23-35(24-34)48-28-37(44)45/h2-10,12-17,22-24,29,36,38-40,43H,11,18-21,25-28H2,1H3,(H,42,46)(H,44,45)/t29-,36-,38+,39+,40+/m0/s1. The summed E-state index contributed by atoms with van der Waals surface area (Å²) >= 11 is 0. The largest absolute Gasteiger partial charge is 0.493 e. The van der Waals surface area contributed by atoms with Crippen LogP contribution in [0.2, 0.25) is 0 Å². The number of rotatable bonds is 20. The molecule has 1 amide bonds. The van der Waals surface area contributed by atoms with Crippen LogP contribution < -0.4 is 14.8 Å². The minimum Gasteiger partial charge on any atom is -0.493 e. The summed E-state index contributed by atoms with van der Waals surface area (Å²) in [6, 6.07) is 34.5. The number of carboxylic acids is 1. The van der Waals surface area contributed by atoms with Crippen molar-refractivity contribution < 1.29 is 48.2 Å². The van der Waals surface area contributed by atoms with Crippen molar-refractivity contribution in [2.24, 2.45) is 0 Å². The number of aliphatic hydroxyl groups excluding tert-OH is 1. The lowest BCUT2D eigenvalue weighted by atomic mass is 9.92. The summed E-state index contributed by atoms with van der Waals surface area (Å²) in [6.45, 7) is 2.66. The van der Waals surface area contributed by atoms with Gasteiger partial charge in [-0.2, -0.15) is 0 Å². The molecule has 11 heteroatoms. The van der Waals surface area contributed by atoms with Crippen LogP contribution in [0.25, 0.3) is 0 Å². The van der Waals surface area contributed by atoms with Gasteiger partial charge in [0.15, 0.2) is 6.61 Å². The summed E-state index contributed by atoms with van der Waals surface area (Å²) in [6.07, 6.45) is -0.878. The van der Waals surface area contributed by atoms with Crippen LogP contribution >= 0.6 is 0 Å². The van der Waals surface area contributed by atoms with E-state index in [-0.39, 0.29) is 43.3 Å². The molecular formula is C41H47NO10. The molecule has 0 aliphatic carbocycles. The fourth-order valence-corrected chi connectivity index (χ4v) is 6.01. The van der Waals surface area contributed by atoms with Gasteiger partial charge in [-0.15, -0.1) is 0 Å². The third-order valence-electron chi connectivity index (χ3n) is 8.53. The molecule has 5 rings (SSSR count). The van der Waals surface area contributed by atoms with Crippen molar-refractivity contribution >= 4 is 11.9 Å². The van der Waals surface area contributed by atoms with Crippen LogP contribution in [-0.2, 0) is 43.6 Å². The number of benzene rings is 4. The van der Waals surface area contributed by atoms with E-state index >= 15 is 0 Å². The molecule has 0 unspecified atom stereocenters. The molecule has 0 bridgehead atoms. The first kappa shape index (κ1) is 38.5. The first-order valence-electron chi connectivity index (χ1n) is 17.5. The number of carboxylic acid groups (broad SMARTS) is 1. The molecule has 5 atom stereocenters. The van der Waals surface area contributed by atoms with E-state index in [1.807, 2.05) is 97.9 Å². The first-order valence-corrected chi connectivity index (χ1v) is 17.5. The topological polar surface area (TPSA) is 142 Å². The van der Waals surface area contributed by atoms with Crippen LogP contribution in [-0.4, -0.2) is 79.0 Å². The van der Waals surface area contributed by atoms with Crippen molar-refractivity contribution in [3.05, 3.63) is 131 Å². The monoisotopic (exact) mass is 713 g/mol. The third kappa shape index (κ3) is 11.9. The van der Waals surface area contributed by atoms with Gasteiger partial charge in [0.05, 0.1) is 45.2 Å². The number of hydrogen-bond acceptors (Lipinski definition) is 9. The minimum atomic E-state index is -1.15. The van der Waals surface area contributed by atoms with Crippen LogP contribution in [0, 0.1) is 0 Å². The molecule has 11 nitrogen and oxygen atoms in total. The number of carbonyl (C=O) groups is 2. The third-order valence-corrected chi connectivity index (χ3v) is 8.53. The van der Waals surface area contributed by atoms with Crippen LogP contribution in [0.1, 0.15) is 46.8 Å². The maximum Gasteiger partial charge on any atom is 0.341 e. The van der Waals surface area contributed by atoms with Crippen molar-refractivity contribution in [1.29, 1.82) is 0 Å². The van der Waals surface area contributed by atoms with Gasteiger partial charge in [0.25, 0.3) is 5.91 Å². The van der Waals surface area contributed by atoms with E-state index in [0.29, 0.717) is 38.4 Å². The highest BCUT2D eigenvalue weighted by atomic mass is 16.6. The molecule has 276 valence electrons. The van der Waals surface area contributed by atoms with E-state index < -0.39 is 36.8 Å². The van der Waals surface area contributed by atoms with E-state index in [1.54, 1.807) is 12.1 Å². The fourth-order valence-electron chi connectivity index (χ4n) is 6.01. The molecule has 3 N–H and O–H groups in total. The van der Waals surface area contributed by atoms with Gasteiger partial charge in [0, 0.05) is 18.2 Å². The summed E-state index contributed by atoms with van der Waals surface area (Å²) < 4.78 is 38.0. The van der Waals surface area contributed by atoms with Gasteiger partial charge in [-0.05, 0) is 48.6 Å². The van der Waals surface area contributed by atoms with Crippen LogP contribution in [0.15, 0.2) is 109 Å². The molecule has 1 saturated heterocycles. The second kappa shape index (κ2) is 20.3. The highest BCUT2D eigenvalue weighted by Crippen LogP contribution is 2.32. The van der Waals surface area contributed by atoms with E-state index in [1.165, 1.54) is 6.07 Å². The van der Waals surface area contributed by atoms with Crippen molar-refractivity contribution in [1.82, 2.24) is 5.32 Å². The van der Waals surface area contributed by atoms with E-state index in [4.69, 9.17) is 38.6 Å². The molecule has 0 aromatic heterocycles. The Hall–Kier alpha value is -4.78. The lowest BCUT2D eigenvalue weighted by molar-refractivity contribution is -0.262. The highest BCUT2D eigenvalue weighted by molar-refractivity contribution is 5.95. The quantitative estimate of drug-likeness (QED) is 0.0995. The zero-order valence-electron chi connectivity index (χ0n) is 29.3. The molecule has 0 radical (unpaired) electrons. The molecular weight excluding hydrogens is 666 g/mol. The SMILES string of the molecule is C[C@@H]1O[C@@H](CCCOc2cc(OCC(=O)O)cc(C(=O)NCCO)c2)[C@@H](OCc2ccccc2)[C@H](OCc2ccccc2)[C@@H]1OCc1ccccc1. The fraction of sp³-hybridized carbons (Fsp3) is 0.366. The minimum absolute atomic E-state index is 0.0662. The van der Waals surface area contributed by atoms with Gasteiger partial charge in [-0.3, -0.25) is 4.79 Å². The molecule has 4 aromatic rings. The van der Waals surface area contributed by atoms with Gasteiger partial charge >= 0.3 is 5.97 Å². The first-order chi connectivity index (χ1) is 25.4. The number of aliphatic hydroxyl groups is 1. The predicted octanol–water partition coefficient (Wildman–Crippen LogP) is 5.57. The number of amides is 1. The maximum absolute atomic E-state index is 12.6. The Morgan fingerprint density at radius 1 is 0.712 bits per heavy atom. The lowest BCUT2D eigenvalue weighted by Crippen LogP contribution is -2.59. The summed E-state index contributed by atoms with van der Waals surface area (Å²) in [5.74, 6) is -1.09. The Bertz CT molecular complexity index is 1660. The summed E-state index contributed by atoms with van der Waals surface area (Å²) in [7, 11) is 0. The molecule has 0 spiro atoms. The van der Waals surface area contributed by atoms with Gasteiger partial charge in [0.1, 0.15) is 29.8 Å². The van der Waals surface area contributed by atoms with Gasteiger partial charge < -0.3 is 44.0 Å². The zero-order valence-corrected chi connectivity index (χ0v) is 29.3. The Kier molecular flexibility index (Phi) is 15.0. The predicted molar refractivity (Wildman–Crippen MR) is 193 cm³/mol. The van der Waals surface area contributed by atoms with Crippen LogP contribution in [0.4, 0.5) is 0 Å². The average molecular weight is 714 g/mol. The molecule has 1 fully saturated rings. The summed E-state index contributed by atoms with van der Waals surface area (Å²) in [5.41, 5.74) is 3.32. The second-order valence-corrected chi connectivity index (χ2v) is 12.5. The Morgan fingerprint density at radius 3 is 1.77 bits per heavy atom. The molecule has 0 saturated carbocycles. The molecule has 52 heavy (non-hydrogen) atoms. The Morgan fingerprint density at radius 2 is 1.23 bits per heavy atom. The van der Waals surface area contributed by atoms with Crippen LogP contribution in [0.3, 0.4) is 0 Å². The average Bonchev–Trinajstić information content (AvgIpc) is 3.17. The number of hydrogen-bond donors (Lipinski definition) is 3. The van der Waals surface area contributed by atoms with E-state index in [9.17, 15) is 9.59 Å². The highest BCUT2D eigenvalue weighted by Gasteiger charge is 2.46. The molecule has 1 heterocycles. The second-order valence-electron chi connectivity index (χ2n) is 12.5. The summed E-state index contributed by atoms with van der Waals surface area (Å²) in [4.78, 5) is 23.8. The van der Waals surface area contributed by atoms with Crippen molar-refractivity contribution in [2.45, 2.75) is 70.1 Å². The van der Waals surface area contributed by atoms with Crippen LogP contribution in [0.5, 0.6) is 11.5 Å². The van der Waals surface area contributed by atoms with Crippen molar-refractivity contribution in [3.63, 3.8) is 0 Å². The Balaban J connectivity index is 1.32. The van der Waals surface area contributed by atoms with E-state index in [2.05, 4.69) is 5.32 Å². The smallest absolute Gasteiger partial charge is 0.341 e. The van der Waals surface area contributed by atoms with E-state index in [0.717, 1.165) is 16.7 Å². The van der Waals surface area contributed by atoms with Gasteiger partial charge in [-0.1, -0.05) is 91.0 Å². The maximum atomic E-state index is 12.6. The zero-order chi connectivity index (χ0) is 36.5. The molecule has 4 aromatic carbocycles. The number of ether oxygens (including phenoxy) is 6. The molecule has 1 aliphatic rings. The van der Waals surface area contributed by atoms with Gasteiger partial charge in [-0.25, -0.2) is 4.79 Å². The normalized spacial score (nSPS) is 19.8. The summed E-state index contributed by atoms with van der Waals surface area (Å²) in [5, 5.41) is 20.8. The number of carbonyl (C=O) groups excluding carboxylic acids is 1. The Labute approximate surface area is 304 Å². The number of nitrogens with one attached hydrogen (secondary N) is 1. The van der Waals surface area contributed by atoms with Crippen molar-refractivity contribution in [2.75, 3.05) is 26.4 Å². The molecule has 1 aliphatic heterocycles. The van der Waals surface area contributed by atoms with Gasteiger partial charge in [0.2, 0.25) is 0 Å². The lowest BCUT2D eigenvalue weighted by Gasteiger charge is -2.45.